The zero-order valence-electron chi connectivity index (χ0n) is 10.6. The minimum atomic E-state index is -2.89. The van der Waals surface area contributed by atoms with Crippen molar-refractivity contribution in [3.8, 4) is 6.07 Å². The quantitative estimate of drug-likeness (QED) is 0.868. The van der Waals surface area contributed by atoms with E-state index < -0.39 is 9.84 Å². The summed E-state index contributed by atoms with van der Waals surface area (Å²) >= 11 is 0. The Hall–Kier alpha value is -1.32. The fourth-order valence-corrected chi connectivity index (χ4v) is 4.43. The molecule has 1 aliphatic rings. The molecule has 1 aromatic heterocycles. The third kappa shape index (κ3) is 2.74. The topological polar surface area (TPSA) is 74.9 Å². The highest BCUT2D eigenvalue weighted by Gasteiger charge is 2.37. The molecule has 0 aromatic carbocycles. The van der Waals surface area contributed by atoms with E-state index in [4.69, 9.17) is 5.26 Å². The van der Waals surface area contributed by atoms with Crippen LogP contribution >= 0.6 is 0 Å². The summed E-state index contributed by atoms with van der Waals surface area (Å²) < 4.78 is 24.7. The Balaban J connectivity index is 2.02. The van der Waals surface area contributed by atoms with Crippen LogP contribution in [-0.4, -0.2) is 30.0 Å². The molecule has 1 aromatic rings. The molecule has 0 saturated carbocycles. The van der Waals surface area contributed by atoms with E-state index in [1.165, 1.54) is 0 Å². The normalized spacial score (nSPS) is 26.1. The molecule has 1 fully saturated rings. The van der Waals surface area contributed by atoms with Gasteiger partial charge >= 0.3 is 0 Å². The molecule has 5 nitrogen and oxygen atoms in total. The van der Waals surface area contributed by atoms with Crippen molar-refractivity contribution in [1.82, 2.24) is 9.88 Å². The molecule has 2 rings (SSSR count). The molecule has 18 heavy (non-hydrogen) atoms. The van der Waals surface area contributed by atoms with Gasteiger partial charge in [-0.2, -0.15) is 5.26 Å². The first-order valence-corrected chi connectivity index (χ1v) is 7.66. The number of nitriles is 1. The van der Waals surface area contributed by atoms with Gasteiger partial charge in [0.2, 0.25) is 0 Å². The van der Waals surface area contributed by atoms with E-state index in [9.17, 15) is 8.42 Å². The van der Waals surface area contributed by atoms with E-state index >= 15 is 0 Å². The molecule has 0 bridgehead atoms. The first-order chi connectivity index (χ1) is 8.34. The lowest BCUT2D eigenvalue weighted by Crippen LogP contribution is -2.42. The monoisotopic (exact) mass is 267 g/mol. The maximum atomic E-state index is 11.5. The van der Waals surface area contributed by atoms with Gasteiger partial charge in [-0.3, -0.25) is 0 Å². The first-order valence-electron chi connectivity index (χ1n) is 5.84. The minimum Gasteiger partial charge on any atom is -0.342 e. The van der Waals surface area contributed by atoms with Gasteiger partial charge in [0.1, 0.15) is 11.8 Å². The van der Waals surface area contributed by atoms with Crippen LogP contribution in [0.5, 0.6) is 0 Å². The van der Waals surface area contributed by atoms with Crippen molar-refractivity contribution in [1.29, 1.82) is 5.26 Å². The largest absolute Gasteiger partial charge is 0.342 e. The van der Waals surface area contributed by atoms with E-state index in [1.807, 2.05) is 26.2 Å². The standard InChI is InChI=1S/C12H17N3O2S/c1-12(3-4-18(16,17)9-12)14-7-10-5-11(6-13)15(2)8-10/h5,8,14H,3-4,7,9H2,1-2H3. The number of nitrogens with zero attached hydrogens (tertiary/aromatic N) is 2. The van der Waals surface area contributed by atoms with Gasteiger partial charge in [-0.15, -0.1) is 0 Å². The number of sulfone groups is 1. The molecule has 0 spiro atoms. The number of aryl methyl sites for hydroxylation is 1. The summed E-state index contributed by atoms with van der Waals surface area (Å²) in [5.41, 5.74) is 1.26. The van der Waals surface area contributed by atoms with E-state index in [0.29, 0.717) is 18.7 Å². The number of aromatic nitrogens is 1. The molecular formula is C12H17N3O2S. The highest BCUT2D eigenvalue weighted by atomic mass is 32.2. The number of rotatable bonds is 3. The summed E-state index contributed by atoms with van der Waals surface area (Å²) in [5.74, 6) is 0.451. The summed E-state index contributed by atoms with van der Waals surface area (Å²) in [6, 6.07) is 3.92. The van der Waals surface area contributed by atoms with Crippen LogP contribution in [0.2, 0.25) is 0 Å². The van der Waals surface area contributed by atoms with Crippen molar-refractivity contribution in [2.75, 3.05) is 11.5 Å². The molecular weight excluding hydrogens is 250 g/mol. The molecule has 6 heteroatoms. The predicted octanol–water partition coefficient (Wildman–Crippen LogP) is 0.564. The lowest BCUT2D eigenvalue weighted by molar-refractivity contribution is 0.395. The first kappa shape index (κ1) is 13.1. The molecule has 0 aliphatic carbocycles. The van der Waals surface area contributed by atoms with Gasteiger partial charge in [0.05, 0.1) is 11.5 Å². The van der Waals surface area contributed by atoms with Crippen LogP contribution < -0.4 is 5.32 Å². The van der Waals surface area contributed by atoms with E-state index in [-0.39, 0.29) is 17.0 Å². The third-order valence-corrected chi connectivity index (χ3v) is 5.30. The van der Waals surface area contributed by atoms with Crippen LogP contribution in [-0.2, 0) is 23.4 Å². The Morgan fingerprint density at radius 1 is 1.61 bits per heavy atom. The van der Waals surface area contributed by atoms with Crippen LogP contribution in [0.3, 0.4) is 0 Å². The van der Waals surface area contributed by atoms with Crippen LogP contribution in [0.15, 0.2) is 12.3 Å². The Morgan fingerprint density at radius 3 is 2.83 bits per heavy atom. The molecule has 1 aliphatic heterocycles. The molecule has 0 amide bonds. The van der Waals surface area contributed by atoms with E-state index in [1.54, 1.807) is 4.57 Å². The summed E-state index contributed by atoms with van der Waals surface area (Å²) in [6.45, 7) is 2.52. The van der Waals surface area contributed by atoms with E-state index in [2.05, 4.69) is 11.4 Å². The second kappa shape index (κ2) is 4.41. The van der Waals surface area contributed by atoms with Crippen LogP contribution in [0.1, 0.15) is 24.6 Å². The second-order valence-electron chi connectivity index (χ2n) is 5.21. The zero-order chi connectivity index (χ0) is 13.4. The molecule has 98 valence electrons. The highest BCUT2D eigenvalue weighted by Crippen LogP contribution is 2.23. The van der Waals surface area contributed by atoms with Crippen molar-refractivity contribution in [3.05, 3.63) is 23.5 Å². The summed E-state index contributed by atoms with van der Waals surface area (Å²) in [6.07, 6.45) is 2.53. The molecule has 1 unspecified atom stereocenters. The van der Waals surface area contributed by atoms with Crippen molar-refractivity contribution < 1.29 is 8.42 Å². The smallest absolute Gasteiger partial charge is 0.152 e. The van der Waals surface area contributed by atoms with Gasteiger partial charge in [-0.25, -0.2) is 8.42 Å². The van der Waals surface area contributed by atoms with Crippen molar-refractivity contribution in [2.24, 2.45) is 7.05 Å². The fourth-order valence-electron chi connectivity index (χ4n) is 2.31. The number of hydrogen-bond acceptors (Lipinski definition) is 4. The maximum Gasteiger partial charge on any atom is 0.152 e. The highest BCUT2D eigenvalue weighted by molar-refractivity contribution is 7.91. The molecule has 0 radical (unpaired) electrons. The van der Waals surface area contributed by atoms with Crippen LogP contribution in [0.25, 0.3) is 0 Å². The molecule has 1 atom stereocenters. The van der Waals surface area contributed by atoms with Crippen LogP contribution in [0, 0.1) is 11.3 Å². The minimum absolute atomic E-state index is 0.192. The van der Waals surface area contributed by atoms with Gasteiger partial charge in [0.15, 0.2) is 9.84 Å². The average Bonchev–Trinajstić information content (AvgIpc) is 2.77. The fraction of sp³-hybridized carbons (Fsp3) is 0.583. The van der Waals surface area contributed by atoms with Gasteiger partial charge in [0.25, 0.3) is 0 Å². The Morgan fingerprint density at radius 2 is 2.33 bits per heavy atom. The number of nitrogens with one attached hydrogen (secondary N) is 1. The SMILES string of the molecule is Cn1cc(CNC2(C)CCS(=O)(=O)C2)cc1C#N. The lowest BCUT2D eigenvalue weighted by Gasteiger charge is -2.23. The summed E-state index contributed by atoms with van der Waals surface area (Å²) in [7, 11) is -1.06. The Kier molecular flexibility index (Phi) is 3.21. The summed E-state index contributed by atoms with van der Waals surface area (Å²) in [5, 5.41) is 12.2. The maximum absolute atomic E-state index is 11.5. The van der Waals surface area contributed by atoms with Gasteiger partial charge in [-0.05, 0) is 25.0 Å². The van der Waals surface area contributed by atoms with E-state index in [0.717, 1.165) is 5.56 Å². The Labute approximate surface area is 107 Å². The summed E-state index contributed by atoms with van der Waals surface area (Å²) in [4.78, 5) is 0. The van der Waals surface area contributed by atoms with Crippen molar-refractivity contribution in [3.63, 3.8) is 0 Å². The van der Waals surface area contributed by atoms with Gasteiger partial charge in [0, 0.05) is 25.3 Å². The number of hydrogen-bond donors (Lipinski definition) is 1. The molecule has 1 N–H and O–H groups in total. The average molecular weight is 267 g/mol. The lowest BCUT2D eigenvalue weighted by atomic mass is 10.0. The van der Waals surface area contributed by atoms with Crippen LogP contribution in [0.4, 0.5) is 0 Å². The van der Waals surface area contributed by atoms with Gasteiger partial charge in [-0.1, -0.05) is 0 Å². The third-order valence-electron chi connectivity index (χ3n) is 3.40. The molecule has 2 heterocycles. The Bertz CT molecular complexity index is 597. The predicted molar refractivity (Wildman–Crippen MR) is 68.6 cm³/mol. The second-order valence-corrected chi connectivity index (χ2v) is 7.40. The molecule has 1 saturated heterocycles. The zero-order valence-corrected chi connectivity index (χ0v) is 11.4. The van der Waals surface area contributed by atoms with Crippen molar-refractivity contribution >= 4 is 9.84 Å². The van der Waals surface area contributed by atoms with Gasteiger partial charge < -0.3 is 9.88 Å². The van der Waals surface area contributed by atoms with Crippen molar-refractivity contribution in [2.45, 2.75) is 25.4 Å².